The standard InChI is InChI=1S/C14H23N.C8H12O/c1-3-6-13(7-4-2)14-9-5-8-12(10-14)11-15;1-4-5-6-7(2)8(3)9/h5,8-10,13H,3-4,6-7,11,15H2,1-2H3;4-6H,1-3H3/b;5-4-,7-6+. The van der Waals surface area contributed by atoms with Crippen molar-refractivity contribution in [3.05, 3.63) is 59.2 Å². The minimum absolute atomic E-state index is 0.133. The lowest BCUT2D eigenvalue weighted by Gasteiger charge is -2.16. The Balaban J connectivity index is 0.000000506. The lowest BCUT2D eigenvalue weighted by Crippen LogP contribution is -2.01. The van der Waals surface area contributed by atoms with E-state index in [1.165, 1.54) is 36.8 Å². The van der Waals surface area contributed by atoms with Gasteiger partial charge in [-0.2, -0.15) is 0 Å². The summed E-state index contributed by atoms with van der Waals surface area (Å²) in [4.78, 5) is 10.5. The third kappa shape index (κ3) is 9.46. The van der Waals surface area contributed by atoms with Gasteiger partial charge in [-0.3, -0.25) is 4.79 Å². The highest BCUT2D eigenvalue weighted by molar-refractivity contribution is 5.92. The zero-order chi connectivity index (χ0) is 18.4. The summed E-state index contributed by atoms with van der Waals surface area (Å²) in [5.74, 6) is 0.861. The minimum Gasteiger partial charge on any atom is -0.326 e. The third-order valence-electron chi connectivity index (χ3n) is 4.03. The molecule has 24 heavy (non-hydrogen) atoms. The number of hydrogen-bond donors (Lipinski definition) is 1. The van der Waals surface area contributed by atoms with E-state index in [-0.39, 0.29) is 5.78 Å². The van der Waals surface area contributed by atoms with E-state index in [0.29, 0.717) is 6.54 Å². The molecule has 1 aromatic rings. The Labute approximate surface area is 148 Å². The molecule has 2 heteroatoms. The highest BCUT2D eigenvalue weighted by Gasteiger charge is 2.09. The van der Waals surface area contributed by atoms with Crippen LogP contribution in [0.2, 0.25) is 0 Å². The van der Waals surface area contributed by atoms with E-state index in [9.17, 15) is 4.79 Å². The predicted molar refractivity (Wildman–Crippen MR) is 106 cm³/mol. The van der Waals surface area contributed by atoms with Crippen molar-refractivity contribution in [3.63, 3.8) is 0 Å². The topological polar surface area (TPSA) is 43.1 Å². The maximum atomic E-state index is 10.5. The number of allylic oxidation sites excluding steroid dienone is 4. The van der Waals surface area contributed by atoms with Crippen LogP contribution < -0.4 is 5.73 Å². The molecule has 2 N–H and O–H groups in total. The van der Waals surface area contributed by atoms with Gasteiger partial charge in [-0.25, -0.2) is 0 Å². The van der Waals surface area contributed by atoms with Gasteiger partial charge in [0.1, 0.15) is 0 Å². The monoisotopic (exact) mass is 329 g/mol. The Bertz CT molecular complexity index is 523. The molecule has 0 bridgehead atoms. The zero-order valence-electron chi connectivity index (χ0n) is 16.1. The summed E-state index contributed by atoms with van der Waals surface area (Å²) in [5.41, 5.74) is 9.19. The minimum atomic E-state index is 0.133. The van der Waals surface area contributed by atoms with Crippen LogP contribution in [-0.4, -0.2) is 5.78 Å². The first-order chi connectivity index (χ1) is 11.5. The van der Waals surface area contributed by atoms with E-state index in [1.807, 2.05) is 32.1 Å². The number of carbonyl (C=O) groups excluding carboxylic acids is 1. The average Bonchev–Trinajstić information content (AvgIpc) is 2.60. The van der Waals surface area contributed by atoms with Gasteiger partial charge in [0.05, 0.1) is 0 Å². The number of rotatable bonds is 8. The molecule has 134 valence electrons. The Kier molecular flexibility index (Phi) is 12.8. The van der Waals surface area contributed by atoms with E-state index in [2.05, 4.69) is 38.1 Å². The fraction of sp³-hybridized carbons (Fsp3) is 0.500. The molecule has 0 radical (unpaired) electrons. The molecule has 0 atom stereocenters. The van der Waals surface area contributed by atoms with Gasteiger partial charge in [0, 0.05) is 6.54 Å². The van der Waals surface area contributed by atoms with Crippen molar-refractivity contribution >= 4 is 5.78 Å². The first-order valence-corrected chi connectivity index (χ1v) is 9.09. The predicted octanol–water partition coefficient (Wildman–Crippen LogP) is 5.93. The molecule has 0 spiro atoms. The summed E-state index contributed by atoms with van der Waals surface area (Å²) in [6, 6.07) is 8.76. The highest BCUT2D eigenvalue weighted by Crippen LogP contribution is 2.26. The molecule has 0 aliphatic heterocycles. The van der Waals surface area contributed by atoms with Gasteiger partial charge < -0.3 is 5.73 Å². The van der Waals surface area contributed by atoms with Crippen molar-refractivity contribution < 1.29 is 4.79 Å². The molecule has 0 unspecified atom stereocenters. The van der Waals surface area contributed by atoms with Crippen molar-refractivity contribution in [3.8, 4) is 0 Å². The molecule has 0 heterocycles. The highest BCUT2D eigenvalue weighted by atomic mass is 16.1. The smallest absolute Gasteiger partial charge is 0.155 e. The molecule has 0 fully saturated rings. The van der Waals surface area contributed by atoms with Crippen LogP contribution in [0.1, 0.15) is 77.3 Å². The van der Waals surface area contributed by atoms with Gasteiger partial charge >= 0.3 is 0 Å². The summed E-state index contributed by atoms with van der Waals surface area (Å²) in [6.07, 6.45) is 10.7. The van der Waals surface area contributed by atoms with Crippen molar-refractivity contribution in [2.45, 2.75) is 72.8 Å². The van der Waals surface area contributed by atoms with Crippen LogP contribution >= 0.6 is 0 Å². The van der Waals surface area contributed by atoms with Crippen LogP contribution in [0.25, 0.3) is 0 Å². The number of Topliss-reactive ketones (excluding diaryl/α,β-unsaturated/α-hetero) is 1. The van der Waals surface area contributed by atoms with Gasteiger partial charge in [-0.15, -0.1) is 0 Å². The Morgan fingerprint density at radius 2 is 1.79 bits per heavy atom. The van der Waals surface area contributed by atoms with Crippen molar-refractivity contribution in [2.24, 2.45) is 5.73 Å². The number of nitrogens with two attached hydrogens (primary N) is 1. The largest absolute Gasteiger partial charge is 0.326 e. The average molecular weight is 330 g/mol. The molecule has 0 aliphatic carbocycles. The Hall–Kier alpha value is -1.67. The maximum Gasteiger partial charge on any atom is 0.155 e. The van der Waals surface area contributed by atoms with Gasteiger partial charge in [-0.1, -0.05) is 69.2 Å². The number of carbonyl (C=O) groups is 1. The number of hydrogen-bond acceptors (Lipinski definition) is 2. The van der Waals surface area contributed by atoms with E-state index in [4.69, 9.17) is 5.73 Å². The molecule has 0 aromatic heterocycles. The van der Waals surface area contributed by atoms with Crippen molar-refractivity contribution in [2.75, 3.05) is 0 Å². The van der Waals surface area contributed by atoms with Crippen LogP contribution in [-0.2, 0) is 11.3 Å². The molecule has 1 rings (SSSR count). The second-order valence-corrected chi connectivity index (χ2v) is 6.16. The van der Waals surface area contributed by atoms with Gasteiger partial charge in [0.2, 0.25) is 0 Å². The van der Waals surface area contributed by atoms with Gasteiger partial charge in [-0.05, 0) is 56.2 Å². The number of ketones is 1. The molecule has 0 saturated heterocycles. The molecular formula is C22H35NO. The SMILES string of the molecule is C/C=C\C=C(/C)C(C)=O.CCCC(CCC)c1cccc(CN)c1. The lowest BCUT2D eigenvalue weighted by atomic mass is 9.89. The second kappa shape index (κ2) is 13.7. The van der Waals surface area contributed by atoms with Crippen LogP contribution in [0.3, 0.4) is 0 Å². The van der Waals surface area contributed by atoms with E-state index in [0.717, 1.165) is 11.5 Å². The summed E-state index contributed by atoms with van der Waals surface area (Å²) < 4.78 is 0. The van der Waals surface area contributed by atoms with Crippen LogP contribution in [0.5, 0.6) is 0 Å². The summed E-state index contributed by atoms with van der Waals surface area (Å²) in [7, 11) is 0. The maximum absolute atomic E-state index is 10.5. The molecule has 1 aromatic carbocycles. The summed E-state index contributed by atoms with van der Waals surface area (Å²) in [5, 5.41) is 0. The molecule has 0 aliphatic rings. The van der Waals surface area contributed by atoms with Gasteiger partial charge in [0.15, 0.2) is 5.78 Å². The zero-order valence-corrected chi connectivity index (χ0v) is 16.1. The lowest BCUT2D eigenvalue weighted by molar-refractivity contribution is -0.113. The van der Waals surface area contributed by atoms with E-state index in [1.54, 1.807) is 6.92 Å². The second-order valence-electron chi connectivity index (χ2n) is 6.16. The Morgan fingerprint density at radius 1 is 1.17 bits per heavy atom. The molecular weight excluding hydrogens is 294 g/mol. The Morgan fingerprint density at radius 3 is 2.25 bits per heavy atom. The fourth-order valence-corrected chi connectivity index (χ4v) is 2.51. The van der Waals surface area contributed by atoms with E-state index >= 15 is 0 Å². The first-order valence-electron chi connectivity index (χ1n) is 9.09. The van der Waals surface area contributed by atoms with Crippen LogP contribution in [0.15, 0.2) is 48.1 Å². The van der Waals surface area contributed by atoms with Crippen LogP contribution in [0, 0.1) is 0 Å². The summed E-state index contributed by atoms with van der Waals surface area (Å²) >= 11 is 0. The molecule has 0 saturated carbocycles. The van der Waals surface area contributed by atoms with E-state index < -0.39 is 0 Å². The molecule has 0 amide bonds. The third-order valence-corrected chi connectivity index (χ3v) is 4.03. The normalized spacial score (nSPS) is 11.5. The first kappa shape index (κ1) is 22.3. The number of benzene rings is 1. The molecule has 2 nitrogen and oxygen atoms in total. The fourth-order valence-electron chi connectivity index (χ4n) is 2.51. The van der Waals surface area contributed by atoms with Crippen molar-refractivity contribution in [1.82, 2.24) is 0 Å². The van der Waals surface area contributed by atoms with Crippen molar-refractivity contribution in [1.29, 1.82) is 0 Å². The van der Waals surface area contributed by atoms with Gasteiger partial charge in [0.25, 0.3) is 0 Å². The quantitative estimate of drug-likeness (QED) is 0.474. The van der Waals surface area contributed by atoms with Crippen LogP contribution in [0.4, 0.5) is 0 Å². The summed E-state index contributed by atoms with van der Waals surface area (Å²) in [6.45, 7) is 10.5.